The van der Waals surface area contributed by atoms with E-state index in [4.69, 9.17) is 0 Å². The summed E-state index contributed by atoms with van der Waals surface area (Å²) < 4.78 is 1.02. The van der Waals surface area contributed by atoms with E-state index in [0.29, 0.717) is 0 Å². The molecule has 3 nitrogen and oxygen atoms in total. The molecular weight excluding hydrogens is 306 g/mol. The number of hydrogen-bond donors (Lipinski definition) is 1. The first-order valence-corrected chi connectivity index (χ1v) is 7.62. The van der Waals surface area contributed by atoms with Crippen molar-refractivity contribution in [2.24, 2.45) is 0 Å². The molecule has 2 rings (SSSR count). The number of carboxylic acid groups (broad SMARTS) is 1. The van der Waals surface area contributed by atoms with E-state index >= 15 is 0 Å². The van der Waals surface area contributed by atoms with Crippen LogP contribution in [0.15, 0.2) is 22.7 Å². The summed E-state index contributed by atoms with van der Waals surface area (Å²) in [7, 11) is 0. The molecule has 0 spiro atoms. The number of nitrogens with zero attached hydrogens (tertiary/aromatic N) is 1. The van der Waals surface area contributed by atoms with Gasteiger partial charge in [0.05, 0.1) is 0 Å². The second-order valence-electron chi connectivity index (χ2n) is 5.20. The van der Waals surface area contributed by atoms with Gasteiger partial charge in [0.2, 0.25) is 0 Å². The van der Waals surface area contributed by atoms with E-state index in [1.165, 1.54) is 12.8 Å². The number of likely N-dealkylation sites (tertiary alicyclic amines) is 1. The molecule has 1 saturated heterocycles. The van der Waals surface area contributed by atoms with Gasteiger partial charge in [0.15, 0.2) is 0 Å². The highest BCUT2D eigenvalue weighted by Crippen LogP contribution is 2.27. The van der Waals surface area contributed by atoms with Crippen molar-refractivity contribution in [2.75, 3.05) is 13.1 Å². The fourth-order valence-electron chi connectivity index (χ4n) is 2.70. The fourth-order valence-corrected chi connectivity index (χ4v) is 2.95. The van der Waals surface area contributed by atoms with Crippen LogP contribution < -0.4 is 0 Å². The van der Waals surface area contributed by atoms with Gasteiger partial charge in [-0.15, -0.1) is 0 Å². The maximum absolute atomic E-state index is 11.7. The fraction of sp³-hybridized carbons (Fsp3) is 0.533. The normalized spacial score (nSPS) is 18.8. The van der Waals surface area contributed by atoms with Crippen LogP contribution in [0.5, 0.6) is 0 Å². The third-order valence-electron chi connectivity index (χ3n) is 3.74. The first kappa shape index (κ1) is 14.5. The second-order valence-corrected chi connectivity index (χ2v) is 6.05. The number of aliphatic carboxylic acids is 1. The predicted molar refractivity (Wildman–Crippen MR) is 79.3 cm³/mol. The molecule has 0 radical (unpaired) electrons. The Morgan fingerprint density at radius 1 is 1.26 bits per heavy atom. The quantitative estimate of drug-likeness (QED) is 0.919. The highest BCUT2D eigenvalue weighted by Gasteiger charge is 2.27. The molecule has 0 aromatic heterocycles. The first-order valence-electron chi connectivity index (χ1n) is 6.82. The Kier molecular flexibility index (Phi) is 4.99. The molecule has 0 bridgehead atoms. The molecule has 0 saturated carbocycles. The third-order valence-corrected chi connectivity index (χ3v) is 4.63. The van der Waals surface area contributed by atoms with Crippen LogP contribution >= 0.6 is 15.9 Å². The van der Waals surface area contributed by atoms with E-state index in [1.807, 2.05) is 25.1 Å². The Labute approximate surface area is 122 Å². The lowest BCUT2D eigenvalue weighted by atomic mass is 10.0. The maximum atomic E-state index is 11.7. The van der Waals surface area contributed by atoms with Crippen LogP contribution in [0.3, 0.4) is 0 Å². The molecule has 104 valence electrons. The van der Waals surface area contributed by atoms with Crippen LogP contribution in [-0.4, -0.2) is 29.1 Å². The summed E-state index contributed by atoms with van der Waals surface area (Å²) in [5.74, 6) is -0.747. The van der Waals surface area contributed by atoms with E-state index in [9.17, 15) is 9.90 Å². The Bertz CT molecular complexity index is 453. The third kappa shape index (κ3) is 3.57. The molecule has 1 aliphatic heterocycles. The molecule has 1 unspecified atom stereocenters. The van der Waals surface area contributed by atoms with Crippen molar-refractivity contribution in [2.45, 2.75) is 38.6 Å². The lowest BCUT2D eigenvalue weighted by Gasteiger charge is -2.28. The van der Waals surface area contributed by atoms with Crippen molar-refractivity contribution in [1.82, 2.24) is 4.90 Å². The molecule has 1 N–H and O–H groups in total. The lowest BCUT2D eigenvalue weighted by Crippen LogP contribution is -2.34. The molecule has 1 aromatic rings. The summed E-state index contributed by atoms with van der Waals surface area (Å²) in [5, 5.41) is 9.58. The van der Waals surface area contributed by atoms with Gasteiger partial charge in [-0.05, 0) is 50.0 Å². The van der Waals surface area contributed by atoms with Gasteiger partial charge in [-0.2, -0.15) is 0 Å². The minimum absolute atomic E-state index is 0.509. The smallest absolute Gasteiger partial charge is 0.325 e. The SMILES string of the molecule is Cc1cc(C(C(=O)O)N2CCCCCC2)ccc1Br. The minimum atomic E-state index is -0.747. The van der Waals surface area contributed by atoms with Crippen LogP contribution in [0.1, 0.15) is 42.9 Å². The number of carboxylic acids is 1. The highest BCUT2D eigenvalue weighted by atomic mass is 79.9. The Morgan fingerprint density at radius 2 is 1.89 bits per heavy atom. The molecule has 1 heterocycles. The zero-order chi connectivity index (χ0) is 13.8. The van der Waals surface area contributed by atoms with Gasteiger partial charge in [0.25, 0.3) is 0 Å². The van der Waals surface area contributed by atoms with E-state index in [1.54, 1.807) is 0 Å². The number of carbonyl (C=O) groups is 1. The van der Waals surface area contributed by atoms with Gasteiger partial charge in [0.1, 0.15) is 6.04 Å². The van der Waals surface area contributed by atoms with E-state index in [0.717, 1.165) is 41.5 Å². The molecule has 0 amide bonds. The van der Waals surface area contributed by atoms with Crippen LogP contribution in [0.2, 0.25) is 0 Å². The molecule has 19 heavy (non-hydrogen) atoms. The van der Waals surface area contributed by atoms with Crippen molar-refractivity contribution in [1.29, 1.82) is 0 Å². The highest BCUT2D eigenvalue weighted by molar-refractivity contribution is 9.10. The zero-order valence-electron chi connectivity index (χ0n) is 11.2. The number of halogens is 1. The van der Waals surface area contributed by atoms with Crippen LogP contribution in [0.4, 0.5) is 0 Å². The average Bonchev–Trinajstić information content (AvgIpc) is 2.62. The number of rotatable bonds is 3. The average molecular weight is 326 g/mol. The standard InChI is InChI=1S/C15H20BrNO2/c1-11-10-12(6-7-13(11)16)14(15(18)19)17-8-4-2-3-5-9-17/h6-7,10,14H,2-5,8-9H2,1H3,(H,18,19). The monoisotopic (exact) mass is 325 g/mol. The van der Waals surface area contributed by atoms with Crippen molar-refractivity contribution in [3.8, 4) is 0 Å². The van der Waals surface area contributed by atoms with Crippen molar-refractivity contribution < 1.29 is 9.90 Å². The summed E-state index contributed by atoms with van der Waals surface area (Å²) in [6.07, 6.45) is 4.61. The van der Waals surface area contributed by atoms with Gasteiger partial charge >= 0.3 is 5.97 Å². The van der Waals surface area contributed by atoms with Gasteiger partial charge in [-0.1, -0.05) is 40.9 Å². The molecule has 1 aromatic carbocycles. The summed E-state index contributed by atoms with van der Waals surface area (Å²) in [5.41, 5.74) is 1.97. The Morgan fingerprint density at radius 3 is 2.42 bits per heavy atom. The summed E-state index contributed by atoms with van der Waals surface area (Å²) >= 11 is 3.46. The van der Waals surface area contributed by atoms with E-state index in [2.05, 4.69) is 20.8 Å². The molecule has 4 heteroatoms. The Hall–Kier alpha value is -0.870. The van der Waals surface area contributed by atoms with Crippen molar-refractivity contribution >= 4 is 21.9 Å². The van der Waals surface area contributed by atoms with Crippen LogP contribution in [0, 0.1) is 6.92 Å². The van der Waals surface area contributed by atoms with Gasteiger partial charge in [0, 0.05) is 4.47 Å². The largest absolute Gasteiger partial charge is 0.480 e. The molecule has 1 fully saturated rings. The molecular formula is C15H20BrNO2. The summed E-state index contributed by atoms with van der Waals surface area (Å²) in [4.78, 5) is 13.8. The summed E-state index contributed by atoms with van der Waals surface area (Å²) in [6, 6.07) is 5.33. The number of hydrogen-bond acceptors (Lipinski definition) is 2. The van der Waals surface area contributed by atoms with Gasteiger partial charge in [-0.25, -0.2) is 0 Å². The minimum Gasteiger partial charge on any atom is -0.480 e. The predicted octanol–water partition coefficient (Wildman–Crippen LogP) is 3.76. The summed E-state index contributed by atoms with van der Waals surface area (Å²) in [6.45, 7) is 3.76. The second kappa shape index (κ2) is 6.53. The van der Waals surface area contributed by atoms with E-state index in [-0.39, 0.29) is 0 Å². The van der Waals surface area contributed by atoms with Gasteiger partial charge < -0.3 is 5.11 Å². The van der Waals surface area contributed by atoms with Crippen LogP contribution in [0.25, 0.3) is 0 Å². The maximum Gasteiger partial charge on any atom is 0.325 e. The van der Waals surface area contributed by atoms with Crippen LogP contribution in [-0.2, 0) is 4.79 Å². The molecule has 0 aliphatic carbocycles. The topological polar surface area (TPSA) is 40.5 Å². The number of benzene rings is 1. The lowest BCUT2D eigenvalue weighted by molar-refractivity contribution is -0.143. The number of aryl methyl sites for hydroxylation is 1. The first-order chi connectivity index (χ1) is 9.09. The van der Waals surface area contributed by atoms with E-state index < -0.39 is 12.0 Å². The Balaban J connectivity index is 2.27. The van der Waals surface area contributed by atoms with Crippen molar-refractivity contribution in [3.05, 3.63) is 33.8 Å². The van der Waals surface area contributed by atoms with Crippen molar-refractivity contribution in [3.63, 3.8) is 0 Å². The molecule has 1 atom stereocenters. The molecule has 1 aliphatic rings. The van der Waals surface area contributed by atoms with Gasteiger partial charge in [-0.3, -0.25) is 9.69 Å². The zero-order valence-corrected chi connectivity index (χ0v) is 12.8.